The number of nitrogens with zero attached hydrogens (tertiary/aromatic N) is 2. The topological polar surface area (TPSA) is 43.8 Å². The highest BCUT2D eigenvalue weighted by Gasteiger charge is 2.04. The van der Waals surface area contributed by atoms with Gasteiger partial charge in [-0.1, -0.05) is 0 Å². The maximum Gasteiger partial charge on any atom is 0.139 e. The summed E-state index contributed by atoms with van der Waals surface area (Å²) in [6.07, 6.45) is 3.58. The van der Waals surface area contributed by atoms with Crippen LogP contribution in [0.3, 0.4) is 0 Å². The van der Waals surface area contributed by atoms with Crippen LogP contribution in [0.1, 0.15) is 0 Å². The number of nitrogens with two attached hydrogens (primary N) is 1. The van der Waals surface area contributed by atoms with Gasteiger partial charge in [0.1, 0.15) is 11.6 Å². The van der Waals surface area contributed by atoms with Gasteiger partial charge in [0.2, 0.25) is 0 Å². The zero-order chi connectivity index (χ0) is 10.7. The zero-order valence-electron chi connectivity index (χ0n) is 8.23. The number of halogens is 1. The minimum atomic E-state index is -0.240. The average Bonchev–Trinajstić information content (AvgIpc) is 2.68. The summed E-state index contributed by atoms with van der Waals surface area (Å²) in [4.78, 5) is 4.22. The first kappa shape index (κ1) is 9.86. The molecule has 0 bridgehead atoms. The number of hydrogen-bond donors (Lipinski definition) is 1. The SMILES string of the molecule is NCCn1ccnc1-c1ccc(F)cc1. The van der Waals surface area contributed by atoms with Crippen molar-refractivity contribution in [3.8, 4) is 11.4 Å². The summed E-state index contributed by atoms with van der Waals surface area (Å²) in [5.41, 5.74) is 6.38. The van der Waals surface area contributed by atoms with E-state index in [9.17, 15) is 4.39 Å². The highest BCUT2D eigenvalue weighted by Crippen LogP contribution is 2.17. The summed E-state index contributed by atoms with van der Waals surface area (Å²) in [6, 6.07) is 6.28. The van der Waals surface area contributed by atoms with E-state index in [0.717, 1.165) is 11.4 Å². The molecule has 2 N–H and O–H groups in total. The molecule has 1 aromatic carbocycles. The molecule has 4 heteroatoms. The van der Waals surface area contributed by atoms with E-state index in [4.69, 9.17) is 5.73 Å². The van der Waals surface area contributed by atoms with Crippen molar-refractivity contribution in [1.82, 2.24) is 9.55 Å². The molecule has 2 aromatic rings. The third-order valence-electron chi connectivity index (χ3n) is 2.19. The molecular weight excluding hydrogens is 193 g/mol. The second-order valence-corrected chi connectivity index (χ2v) is 3.24. The van der Waals surface area contributed by atoms with Crippen LogP contribution in [0.25, 0.3) is 11.4 Å². The number of aromatic nitrogens is 2. The number of rotatable bonds is 3. The maximum absolute atomic E-state index is 12.7. The highest BCUT2D eigenvalue weighted by atomic mass is 19.1. The molecule has 0 saturated carbocycles. The lowest BCUT2D eigenvalue weighted by atomic mass is 10.2. The van der Waals surface area contributed by atoms with Crippen LogP contribution in [0.4, 0.5) is 4.39 Å². The Bertz CT molecular complexity index is 433. The Morgan fingerprint density at radius 2 is 2.00 bits per heavy atom. The van der Waals surface area contributed by atoms with E-state index in [0.29, 0.717) is 13.1 Å². The van der Waals surface area contributed by atoms with Gasteiger partial charge >= 0.3 is 0 Å². The molecule has 0 amide bonds. The van der Waals surface area contributed by atoms with Crippen molar-refractivity contribution < 1.29 is 4.39 Å². The van der Waals surface area contributed by atoms with Gasteiger partial charge in [0, 0.05) is 31.0 Å². The second-order valence-electron chi connectivity index (χ2n) is 3.24. The van der Waals surface area contributed by atoms with E-state index in [1.54, 1.807) is 18.3 Å². The third kappa shape index (κ3) is 2.05. The first-order valence-electron chi connectivity index (χ1n) is 4.78. The molecule has 0 saturated heterocycles. The fourth-order valence-corrected chi connectivity index (χ4v) is 1.49. The quantitative estimate of drug-likeness (QED) is 0.828. The Kier molecular flexibility index (Phi) is 2.78. The first-order chi connectivity index (χ1) is 7.31. The molecule has 78 valence electrons. The molecule has 0 aliphatic carbocycles. The van der Waals surface area contributed by atoms with Gasteiger partial charge < -0.3 is 10.3 Å². The molecule has 0 aliphatic heterocycles. The van der Waals surface area contributed by atoms with Crippen LogP contribution < -0.4 is 5.73 Å². The van der Waals surface area contributed by atoms with Crippen molar-refractivity contribution in [3.63, 3.8) is 0 Å². The summed E-state index contributed by atoms with van der Waals surface area (Å²) >= 11 is 0. The van der Waals surface area contributed by atoms with Crippen molar-refractivity contribution in [2.24, 2.45) is 5.73 Å². The molecule has 0 unspecified atom stereocenters. The van der Waals surface area contributed by atoms with Crippen molar-refractivity contribution in [2.45, 2.75) is 6.54 Å². The van der Waals surface area contributed by atoms with E-state index < -0.39 is 0 Å². The zero-order valence-corrected chi connectivity index (χ0v) is 8.23. The van der Waals surface area contributed by atoms with E-state index in [1.165, 1.54) is 12.1 Å². The second kappa shape index (κ2) is 4.23. The summed E-state index contributed by atoms with van der Waals surface area (Å²) in [5, 5.41) is 0. The maximum atomic E-state index is 12.7. The number of imidazole rings is 1. The van der Waals surface area contributed by atoms with Crippen LogP contribution in [-0.4, -0.2) is 16.1 Å². The third-order valence-corrected chi connectivity index (χ3v) is 2.19. The van der Waals surface area contributed by atoms with Gasteiger partial charge in [-0.2, -0.15) is 0 Å². The molecular formula is C11H12FN3. The lowest BCUT2D eigenvalue weighted by Gasteiger charge is -2.05. The minimum Gasteiger partial charge on any atom is -0.330 e. The van der Waals surface area contributed by atoms with Gasteiger partial charge in [0.15, 0.2) is 0 Å². The average molecular weight is 205 g/mol. The molecule has 1 heterocycles. The Morgan fingerprint density at radius 1 is 1.27 bits per heavy atom. The molecule has 0 atom stereocenters. The van der Waals surface area contributed by atoms with Gasteiger partial charge in [-0.15, -0.1) is 0 Å². The van der Waals surface area contributed by atoms with Crippen LogP contribution in [0, 0.1) is 5.82 Å². The van der Waals surface area contributed by atoms with Crippen molar-refractivity contribution in [1.29, 1.82) is 0 Å². The number of hydrogen-bond acceptors (Lipinski definition) is 2. The van der Waals surface area contributed by atoms with E-state index in [2.05, 4.69) is 4.98 Å². The fourth-order valence-electron chi connectivity index (χ4n) is 1.49. The van der Waals surface area contributed by atoms with Gasteiger partial charge in [0.05, 0.1) is 0 Å². The van der Waals surface area contributed by atoms with Gasteiger partial charge in [-0.3, -0.25) is 0 Å². The lowest BCUT2D eigenvalue weighted by molar-refractivity contribution is 0.628. The van der Waals surface area contributed by atoms with Gasteiger partial charge in [0.25, 0.3) is 0 Å². The Hall–Kier alpha value is -1.68. The molecule has 0 radical (unpaired) electrons. The number of benzene rings is 1. The van der Waals surface area contributed by atoms with Crippen LogP contribution in [0.15, 0.2) is 36.7 Å². The van der Waals surface area contributed by atoms with Gasteiger partial charge in [-0.25, -0.2) is 9.37 Å². The smallest absolute Gasteiger partial charge is 0.139 e. The Labute approximate surface area is 87.4 Å². The van der Waals surface area contributed by atoms with E-state index in [1.807, 2.05) is 10.8 Å². The van der Waals surface area contributed by atoms with Crippen LogP contribution >= 0.6 is 0 Å². The monoisotopic (exact) mass is 205 g/mol. The largest absolute Gasteiger partial charge is 0.330 e. The molecule has 1 aromatic heterocycles. The summed E-state index contributed by atoms with van der Waals surface area (Å²) in [7, 11) is 0. The van der Waals surface area contributed by atoms with Crippen molar-refractivity contribution in [2.75, 3.05) is 6.54 Å². The van der Waals surface area contributed by atoms with Crippen LogP contribution in [0.2, 0.25) is 0 Å². The Balaban J connectivity index is 2.36. The van der Waals surface area contributed by atoms with Crippen molar-refractivity contribution in [3.05, 3.63) is 42.5 Å². The van der Waals surface area contributed by atoms with E-state index >= 15 is 0 Å². The molecule has 0 spiro atoms. The molecule has 0 aliphatic rings. The van der Waals surface area contributed by atoms with Crippen molar-refractivity contribution >= 4 is 0 Å². The molecule has 3 nitrogen and oxygen atoms in total. The summed E-state index contributed by atoms with van der Waals surface area (Å²) in [6.45, 7) is 1.28. The molecule has 2 rings (SSSR count). The first-order valence-corrected chi connectivity index (χ1v) is 4.78. The molecule has 0 fully saturated rings. The van der Waals surface area contributed by atoms with Crippen LogP contribution in [0.5, 0.6) is 0 Å². The van der Waals surface area contributed by atoms with E-state index in [-0.39, 0.29) is 5.82 Å². The normalized spacial score (nSPS) is 10.5. The summed E-state index contributed by atoms with van der Waals surface area (Å²) < 4.78 is 14.7. The van der Waals surface area contributed by atoms with Gasteiger partial charge in [-0.05, 0) is 24.3 Å². The highest BCUT2D eigenvalue weighted by molar-refractivity contribution is 5.55. The molecule has 15 heavy (non-hydrogen) atoms. The minimum absolute atomic E-state index is 0.240. The predicted octanol–water partition coefficient (Wildman–Crippen LogP) is 1.65. The lowest BCUT2D eigenvalue weighted by Crippen LogP contribution is -2.10. The summed E-state index contributed by atoms with van der Waals surface area (Å²) in [5.74, 6) is 0.580. The Morgan fingerprint density at radius 3 is 2.67 bits per heavy atom. The standard InChI is InChI=1S/C11H12FN3/c12-10-3-1-9(2-4-10)11-14-6-8-15(11)7-5-13/h1-4,6,8H,5,7,13H2. The fraction of sp³-hybridized carbons (Fsp3) is 0.182. The van der Waals surface area contributed by atoms with Crippen LogP contribution in [-0.2, 0) is 6.54 Å². The predicted molar refractivity (Wildman–Crippen MR) is 56.7 cm³/mol.